The molecule has 3 rings (SSSR count). The fourth-order valence-corrected chi connectivity index (χ4v) is 3.20. The van der Waals surface area contributed by atoms with Crippen molar-refractivity contribution in [2.75, 3.05) is 37.7 Å². The van der Waals surface area contributed by atoms with Crippen LogP contribution in [0.4, 0.5) is 5.69 Å². The first-order chi connectivity index (χ1) is 11.1. The molecular formula is C17H21ClN2O3. The normalized spacial score (nSPS) is 19.4. The Kier molecular flexibility index (Phi) is 4.87. The molecular weight excluding hydrogens is 316 g/mol. The molecule has 0 aliphatic carbocycles. The number of Topliss-reactive ketones (excluding diaryl/α,β-unsaturated/α-hetero) is 1. The maximum absolute atomic E-state index is 12.2. The first kappa shape index (κ1) is 16.3. The van der Waals surface area contributed by atoms with Crippen LogP contribution < -0.4 is 9.64 Å². The number of halogens is 1. The zero-order valence-electron chi connectivity index (χ0n) is 13.3. The number of ether oxygens (including phenoxy) is 1. The average molecular weight is 337 g/mol. The van der Waals surface area contributed by atoms with Crippen molar-refractivity contribution in [1.29, 1.82) is 0 Å². The van der Waals surface area contributed by atoms with Gasteiger partial charge in [-0.3, -0.25) is 9.59 Å². The number of amides is 1. The summed E-state index contributed by atoms with van der Waals surface area (Å²) >= 11 is 5.89. The van der Waals surface area contributed by atoms with Crippen molar-refractivity contribution >= 4 is 29.0 Å². The lowest BCUT2D eigenvalue weighted by Gasteiger charge is -2.31. The Morgan fingerprint density at radius 3 is 2.74 bits per heavy atom. The summed E-state index contributed by atoms with van der Waals surface area (Å²) < 4.78 is 5.48. The standard InChI is InChI=1S/C17H21ClN2O3/c1-12(18)17(22)13-4-5-15-14(10-13)20(16(21)11-23-15)9-8-19-6-2-3-7-19/h4-5,10,12H,2-3,6-9,11H2,1H3. The molecule has 0 radical (unpaired) electrons. The van der Waals surface area contributed by atoms with Crippen LogP contribution in [0.1, 0.15) is 30.1 Å². The lowest BCUT2D eigenvalue weighted by atomic mass is 10.1. The third-order valence-electron chi connectivity index (χ3n) is 4.39. The Morgan fingerprint density at radius 1 is 1.30 bits per heavy atom. The van der Waals surface area contributed by atoms with Gasteiger partial charge in [-0.05, 0) is 51.1 Å². The van der Waals surface area contributed by atoms with Gasteiger partial charge in [-0.2, -0.15) is 0 Å². The first-order valence-corrected chi connectivity index (χ1v) is 8.48. The molecule has 124 valence electrons. The van der Waals surface area contributed by atoms with Crippen LogP contribution in [0.5, 0.6) is 5.75 Å². The molecule has 2 aliphatic heterocycles. The summed E-state index contributed by atoms with van der Waals surface area (Å²) in [5.74, 6) is 0.428. The number of anilines is 1. The van der Waals surface area contributed by atoms with Gasteiger partial charge in [0.25, 0.3) is 5.91 Å². The molecule has 6 heteroatoms. The third kappa shape index (κ3) is 3.51. The highest BCUT2D eigenvalue weighted by Crippen LogP contribution is 2.33. The average Bonchev–Trinajstić information content (AvgIpc) is 3.06. The van der Waals surface area contributed by atoms with Gasteiger partial charge < -0.3 is 14.5 Å². The Hall–Kier alpha value is -1.59. The third-order valence-corrected chi connectivity index (χ3v) is 4.58. The fourth-order valence-electron chi connectivity index (χ4n) is 3.08. The molecule has 0 saturated carbocycles. The van der Waals surface area contributed by atoms with Gasteiger partial charge in [0.05, 0.1) is 11.1 Å². The van der Waals surface area contributed by atoms with Crippen molar-refractivity contribution in [2.45, 2.75) is 25.1 Å². The van der Waals surface area contributed by atoms with Gasteiger partial charge in [0, 0.05) is 18.7 Å². The molecule has 0 N–H and O–H groups in total. The molecule has 1 amide bonds. The second kappa shape index (κ2) is 6.89. The SMILES string of the molecule is CC(Cl)C(=O)c1ccc2c(c1)N(CCN1CCCC1)C(=O)CO2. The van der Waals surface area contributed by atoms with Crippen molar-refractivity contribution in [3.05, 3.63) is 23.8 Å². The Bertz CT molecular complexity index is 612. The first-order valence-electron chi connectivity index (χ1n) is 8.04. The highest BCUT2D eigenvalue weighted by molar-refractivity contribution is 6.33. The van der Waals surface area contributed by atoms with Crippen molar-refractivity contribution in [3.63, 3.8) is 0 Å². The number of ketones is 1. The molecule has 1 unspecified atom stereocenters. The van der Waals surface area contributed by atoms with Gasteiger partial charge >= 0.3 is 0 Å². The number of nitrogens with zero attached hydrogens (tertiary/aromatic N) is 2. The summed E-state index contributed by atoms with van der Waals surface area (Å²) in [6.07, 6.45) is 2.44. The van der Waals surface area contributed by atoms with E-state index in [0.29, 0.717) is 23.5 Å². The monoisotopic (exact) mass is 336 g/mol. The van der Waals surface area contributed by atoms with Crippen LogP contribution in [-0.4, -0.2) is 54.8 Å². The number of likely N-dealkylation sites (tertiary alicyclic amines) is 1. The molecule has 23 heavy (non-hydrogen) atoms. The van der Waals surface area contributed by atoms with E-state index in [1.54, 1.807) is 30.0 Å². The van der Waals surface area contributed by atoms with Crippen LogP contribution in [0.3, 0.4) is 0 Å². The van der Waals surface area contributed by atoms with Gasteiger partial charge in [-0.25, -0.2) is 0 Å². The Morgan fingerprint density at radius 2 is 2.04 bits per heavy atom. The highest BCUT2D eigenvalue weighted by Gasteiger charge is 2.27. The van der Waals surface area contributed by atoms with Crippen LogP contribution >= 0.6 is 11.6 Å². The number of hydrogen-bond acceptors (Lipinski definition) is 4. The number of fused-ring (bicyclic) bond motifs is 1. The van der Waals surface area contributed by atoms with Crippen LogP contribution in [0, 0.1) is 0 Å². The highest BCUT2D eigenvalue weighted by atomic mass is 35.5. The minimum Gasteiger partial charge on any atom is -0.482 e. The van der Waals surface area contributed by atoms with Crippen LogP contribution in [0.2, 0.25) is 0 Å². The van der Waals surface area contributed by atoms with Gasteiger partial charge in [-0.15, -0.1) is 11.6 Å². The summed E-state index contributed by atoms with van der Waals surface area (Å²) in [6.45, 7) is 5.34. The van der Waals surface area contributed by atoms with Crippen LogP contribution in [0.25, 0.3) is 0 Å². The Balaban J connectivity index is 1.82. The topological polar surface area (TPSA) is 49.9 Å². The van der Waals surface area contributed by atoms with E-state index in [1.165, 1.54) is 12.8 Å². The Labute approximate surface area is 141 Å². The predicted octanol–water partition coefficient (Wildman–Crippen LogP) is 2.32. The van der Waals surface area contributed by atoms with E-state index in [1.807, 2.05) is 0 Å². The van der Waals surface area contributed by atoms with Crippen molar-refractivity contribution in [1.82, 2.24) is 4.90 Å². The summed E-state index contributed by atoms with van der Waals surface area (Å²) in [4.78, 5) is 28.4. The van der Waals surface area contributed by atoms with Crippen molar-refractivity contribution in [2.24, 2.45) is 0 Å². The second-order valence-electron chi connectivity index (χ2n) is 6.05. The molecule has 5 nitrogen and oxygen atoms in total. The number of alkyl halides is 1. The van der Waals surface area contributed by atoms with Crippen molar-refractivity contribution in [3.8, 4) is 5.75 Å². The molecule has 1 saturated heterocycles. The molecule has 1 atom stereocenters. The van der Waals surface area contributed by atoms with Crippen LogP contribution in [-0.2, 0) is 4.79 Å². The van der Waals surface area contributed by atoms with Gasteiger partial charge in [0.2, 0.25) is 0 Å². The summed E-state index contributed by atoms with van der Waals surface area (Å²) in [5.41, 5.74) is 1.18. The van der Waals surface area contributed by atoms with E-state index in [9.17, 15) is 9.59 Å². The quantitative estimate of drug-likeness (QED) is 0.611. The molecule has 1 fully saturated rings. The molecule has 2 aliphatic rings. The van der Waals surface area contributed by atoms with Gasteiger partial charge in [-0.1, -0.05) is 0 Å². The predicted molar refractivity (Wildman–Crippen MR) is 89.6 cm³/mol. The summed E-state index contributed by atoms with van der Waals surface area (Å²) in [7, 11) is 0. The van der Waals surface area contributed by atoms with Gasteiger partial charge in [0.15, 0.2) is 12.4 Å². The van der Waals surface area contributed by atoms with Crippen molar-refractivity contribution < 1.29 is 14.3 Å². The van der Waals surface area contributed by atoms with E-state index >= 15 is 0 Å². The van der Waals surface area contributed by atoms with Crippen LogP contribution in [0.15, 0.2) is 18.2 Å². The zero-order valence-corrected chi connectivity index (χ0v) is 14.0. The van der Waals surface area contributed by atoms with Gasteiger partial charge in [0.1, 0.15) is 5.75 Å². The lowest BCUT2D eigenvalue weighted by molar-refractivity contribution is -0.121. The molecule has 0 aromatic heterocycles. The fraction of sp³-hybridized carbons (Fsp3) is 0.529. The summed E-state index contributed by atoms with van der Waals surface area (Å²) in [5, 5.41) is -0.591. The summed E-state index contributed by atoms with van der Waals surface area (Å²) in [6, 6.07) is 5.17. The number of hydrogen-bond donors (Lipinski definition) is 0. The van der Waals surface area contributed by atoms with E-state index in [0.717, 1.165) is 19.6 Å². The van der Waals surface area contributed by atoms with E-state index < -0.39 is 5.38 Å². The van der Waals surface area contributed by atoms with E-state index in [4.69, 9.17) is 16.3 Å². The minimum absolute atomic E-state index is 0.0478. The number of carbonyl (C=O) groups is 2. The maximum atomic E-state index is 12.2. The molecule has 0 spiro atoms. The molecule has 1 aromatic carbocycles. The lowest BCUT2D eigenvalue weighted by Crippen LogP contribution is -2.43. The largest absolute Gasteiger partial charge is 0.482 e. The molecule has 2 heterocycles. The zero-order chi connectivity index (χ0) is 16.4. The minimum atomic E-state index is -0.591. The van der Waals surface area contributed by atoms with E-state index in [2.05, 4.69) is 4.90 Å². The number of carbonyl (C=O) groups excluding carboxylic acids is 2. The maximum Gasteiger partial charge on any atom is 0.265 e. The number of rotatable bonds is 5. The second-order valence-corrected chi connectivity index (χ2v) is 6.70. The van der Waals surface area contributed by atoms with E-state index in [-0.39, 0.29) is 18.3 Å². The molecule has 1 aromatic rings. The smallest absolute Gasteiger partial charge is 0.265 e. The number of benzene rings is 1. The molecule has 0 bridgehead atoms.